The topological polar surface area (TPSA) is 90.8 Å². The van der Waals surface area contributed by atoms with Crippen LogP contribution in [0.4, 0.5) is 0 Å². The van der Waals surface area contributed by atoms with Crippen molar-refractivity contribution in [3.63, 3.8) is 0 Å². The number of rotatable bonds is 6. The van der Waals surface area contributed by atoms with Crippen LogP contribution in [0.5, 0.6) is 11.6 Å². The molecule has 1 aliphatic heterocycles. The van der Waals surface area contributed by atoms with E-state index in [0.29, 0.717) is 34.7 Å². The van der Waals surface area contributed by atoms with Gasteiger partial charge in [0.05, 0.1) is 30.8 Å². The van der Waals surface area contributed by atoms with Gasteiger partial charge in [0.2, 0.25) is 12.2 Å². The number of ether oxygens (including phenoxy) is 3. The number of benzene rings is 1. The van der Waals surface area contributed by atoms with Gasteiger partial charge in [0.15, 0.2) is 6.29 Å². The van der Waals surface area contributed by atoms with Crippen molar-refractivity contribution in [1.82, 2.24) is 9.97 Å². The first kappa shape index (κ1) is 18.6. The molecule has 29 heavy (non-hydrogen) atoms. The molecule has 0 spiro atoms. The van der Waals surface area contributed by atoms with Crippen LogP contribution in [0.15, 0.2) is 61.1 Å². The lowest BCUT2D eigenvalue weighted by Crippen LogP contribution is -2.10. The Labute approximate surface area is 166 Å². The van der Waals surface area contributed by atoms with Gasteiger partial charge in [-0.25, -0.2) is 4.98 Å². The van der Waals surface area contributed by atoms with Gasteiger partial charge in [-0.2, -0.15) is 0 Å². The van der Waals surface area contributed by atoms with Crippen LogP contribution in [0.25, 0.3) is 16.3 Å². The molecule has 2 aromatic heterocycles. The second-order valence-electron chi connectivity index (χ2n) is 6.30. The second-order valence-corrected chi connectivity index (χ2v) is 6.30. The maximum atomic E-state index is 11.4. The van der Waals surface area contributed by atoms with Gasteiger partial charge in [-0.1, -0.05) is 24.3 Å². The average Bonchev–Trinajstić information content (AvgIpc) is 2.78. The third-order valence-corrected chi connectivity index (χ3v) is 4.53. The Morgan fingerprint density at radius 2 is 2.10 bits per heavy atom. The molecule has 1 aliphatic rings. The average molecular weight is 390 g/mol. The smallest absolute Gasteiger partial charge is 0.216 e. The predicted octanol–water partition coefficient (Wildman–Crippen LogP) is 3.28. The number of hydrogen-bond donors (Lipinski definition) is 1. The molecular formula is C22H18N2O5. The third kappa shape index (κ3) is 3.81. The largest absolute Gasteiger partial charge is 0.486 e. The van der Waals surface area contributed by atoms with Gasteiger partial charge in [0.1, 0.15) is 12.4 Å². The zero-order chi connectivity index (χ0) is 20.2. The molecule has 7 heteroatoms. The van der Waals surface area contributed by atoms with Gasteiger partial charge < -0.3 is 19.3 Å². The fourth-order valence-corrected chi connectivity index (χ4v) is 3.08. The van der Waals surface area contributed by atoms with E-state index in [2.05, 4.69) is 9.97 Å². The molecule has 0 saturated carbocycles. The summed E-state index contributed by atoms with van der Waals surface area (Å²) in [5.74, 6) is 0.680. The van der Waals surface area contributed by atoms with E-state index in [1.54, 1.807) is 12.3 Å². The molecule has 0 radical (unpaired) electrons. The van der Waals surface area contributed by atoms with Crippen LogP contribution in [0.2, 0.25) is 0 Å². The first-order valence-electron chi connectivity index (χ1n) is 8.90. The summed E-state index contributed by atoms with van der Waals surface area (Å²) < 4.78 is 16.2. The number of nitrogens with zero attached hydrogens (tertiary/aromatic N) is 2. The highest BCUT2D eigenvalue weighted by Gasteiger charge is 2.17. The third-order valence-electron chi connectivity index (χ3n) is 4.53. The Bertz CT molecular complexity index is 1120. The molecule has 4 rings (SSSR count). The molecule has 0 fully saturated rings. The summed E-state index contributed by atoms with van der Waals surface area (Å²) in [7, 11) is 1.48. The lowest BCUT2D eigenvalue weighted by atomic mass is 10.00. The molecule has 0 saturated heterocycles. The Balaban J connectivity index is 1.73. The molecule has 3 aromatic rings. The molecular weight excluding hydrogens is 372 g/mol. The summed E-state index contributed by atoms with van der Waals surface area (Å²) in [5.41, 5.74) is 2.55. The van der Waals surface area contributed by atoms with E-state index in [1.807, 2.05) is 24.3 Å². The van der Waals surface area contributed by atoms with Gasteiger partial charge >= 0.3 is 0 Å². The second kappa shape index (κ2) is 8.12. The molecule has 0 bridgehead atoms. The van der Waals surface area contributed by atoms with Crippen LogP contribution in [0, 0.1) is 0 Å². The number of aldehydes is 1. The number of fused-ring (bicyclic) bond motifs is 1. The number of carbonyl (C=O) groups excluding carboxylic acids is 1. The first-order valence-corrected chi connectivity index (χ1v) is 8.90. The molecule has 0 amide bonds. The molecule has 1 aromatic carbocycles. The summed E-state index contributed by atoms with van der Waals surface area (Å²) >= 11 is 0. The lowest BCUT2D eigenvalue weighted by Gasteiger charge is -2.17. The summed E-state index contributed by atoms with van der Waals surface area (Å²) in [6.07, 6.45) is 7.72. The van der Waals surface area contributed by atoms with Crippen LogP contribution < -0.4 is 9.47 Å². The summed E-state index contributed by atoms with van der Waals surface area (Å²) in [6, 6.07) is 9.34. The predicted molar refractivity (Wildman–Crippen MR) is 106 cm³/mol. The molecule has 1 N–H and O–H groups in total. The minimum absolute atomic E-state index is 0.159. The number of allylic oxidation sites excluding steroid dienone is 2. The van der Waals surface area contributed by atoms with Crippen molar-refractivity contribution in [1.29, 1.82) is 0 Å². The Hall–Kier alpha value is -3.71. The molecule has 0 aliphatic carbocycles. The van der Waals surface area contributed by atoms with Gasteiger partial charge in [0, 0.05) is 28.8 Å². The van der Waals surface area contributed by atoms with Crippen LogP contribution >= 0.6 is 0 Å². The number of aliphatic hydroxyl groups excluding tert-OH is 1. The number of aromatic nitrogens is 2. The highest BCUT2D eigenvalue weighted by molar-refractivity contribution is 5.90. The molecule has 1 atom stereocenters. The van der Waals surface area contributed by atoms with Gasteiger partial charge in [-0.3, -0.25) is 9.78 Å². The molecule has 7 nitrogen and oxygen atoms in total. The fourth-order valence-electron chi connectivity index (χ4n) is 3.08. The van der Waals surface area contributed by atoms with E-state index in [-0.39, 0.29) is 6.61 Å². The number of methoxy groups -OCH3 is 1. The SMILES string of the molecule is COc1cc(C=O)c(OCc2c(C3=COC(O)C=C3)ncc3ccccc23)cn1. The van der Waals surface area contributed by atoms with E-state index in [4.69, 9.17) is 14.2 Å². The van der Waals surface area contributed by atoms with E-state index in [0.717, 1.165) is 16.3 Å². The quantitative estimate of drug-likeness (QED) is 0.646. The van der Waals surface area contributed by atoms with E-state index in [1.165, 1.54) is 31.7 Å². The van der Waals surface area contributed by atoms with E-state index >= 15 is 0 Å². The van der Waals surface area contributed by atoms with E-state index < -0.39 is 6.29 Å². The summed E-state index contributed by atoms with van der Waals surface area (Å²) in [4.78, 5) is 20.1. The fraction of sp³-hybridized carbons (Fsp3) is 0.136. The van der Waals surface area contributed by atoms with Gasteiger partial charge in [0.25, 0.3) is 0 Å². The highest BCUT2D eigenvalue weighted by atomic mass is 16.6. The van der Waals surface area contributed by atoms with Crippen LogP contribution in [-0.4, -0.2) is 34.8 Å². The zero-order valence-corrected chi connectivity index (χ0v) is 15.6. The minimum atomic E-state index is -0.973. The molecule has 146 valence electrons. The van der Waals surface area contributed by atoms with Crippen molar-refractivity contribution in [2.45, 2.75) is 12.9 Å². The Morgan fingerprint density at radius 1 is 1.24 bits per heavy atom. The number of hydrogen-bond acceptors (Lipinski definition) is 7. The minimum Gasteiger partial charge on any atom is -0.486 e. The zero-order valence-electron chi connectivity index (χ0n) is 15.6. The van der Waals surface area contributed by atoms with Gasteiger partial charge in [-0.15, -0.1) is 0 Å². The monoisotopic (exact) mass is 390 g/mol. The number of aliphatic hydroxyl groups is 1. The van der Waals surface area contributed by atoms with Crippen molar-refractivity contribution in [3.05, 3.63) is 78.0 Å². The van der Waals surface area contributed by atoms with E-state index in [9.17, 15) is 9.90 Å². The van der Waals surface area contributed by atoms with Crippen LogP contribution in [0.1, 0.15) is 21.6 Å². The molecule has 1 unspecified atom stereocenters. The van der Waals surface area contributed by atoms with Crippen molar-refractivity contribution in [3.8, 4) is 11.6 Å². The summed E-state index contributed by atoms with van der Waals surface area (Å²) in [5, 5.41) is 11.4. The number of carbonyl (C=O) groups is 1. The van der Waals surface area contributed by atoms with Gasteiger partial charge in [-0.05, 0) is 17.5 Å². The van der Waals surface area contributed by atoms with Crippen molar-refractivity contribution in [2.24, 2.45) is 0 Å². The van der Waals surface area contributed by atoms with Crippen molar-refractivity contribution < 1.29 is 24.1 Å². The standard InChI is InChI=1S/C22H18N2O5/c1-27-20-8-16(11-25)19(10-23-20)28-13-18-17-5-3-2-4-14(17)9-24-22(18)15-6-7-21(26)29-12-15/h2-12,21,26H,13H2,1H3. The lowest BCUT2D eigenvalue weighted by molar-refractivity contribution is -0.0123. The van der Waals surface area contributed by atoms with Crippen LogP contribution in [-0.2, 0) is 11.3 Å². The summed E-state index contributed by atoms with van der Waals surface area (Å²) in [6.45, 7) is 0.159. The highest BCUT2D eigenvalue weighted by Crippen LogP contribution is 2.29. The molecule has 3 heterocycles. The van der Waals surface area contributed by atoms with Crippen LogP contribution in [0.3, 0.4) is 0 Å². The Kier molecular flexibility index (Phi) is 5.22. The normalized spacial score (nSPS) is 15.5. The van der Waals surface area contributed by atoms with Crippen molar-refractivity contribution >= 4 is 22.6 Å². The van der Waals surface area contributed by atoms with Crippen molar-refractivity contribution in [2.75, 3.05) is 7.11 Å². The first-order chi connectivity index (χ1) is 14.2. The Morgan fingerprint density at radius 3 is 2.86 bits per heavy atom. The number of pyridine rings is 2. The maximum absolute atomic E-state index is 11.4. The maximum Gasteiger partial charge on any atom is 0.216 e.